The van der Waals surface area contributed by atoms with Gasteiger partial charge in [0, 0.05) is 56.3 Å². The van der Waals surface area contributed by atoms with Gasteiger partial charge in [-0.1, -0.05) is 60.9 Å². The normalized spacial score (nSPS) is 13.9. The number of aromatic nitrogens is 3. The number of fused-ring (bicyclic) bond motifs is 1. The predicted octanol–water partition coefficient (Wildman–Crippen LogP) is 4.55. The van der Waals surface area contributed by atoms with Crippen molar-refractivity contribution in [1.29, 1.82) is 0 Å². The Balaban J connectivity index is 1.47. The molecule has 7 heteroatoms. The molecule has 1 aliphatic rings. The lowest BCUT2D eigenvalue weighted by Crippen LogP contribution is -2.47. The van der Waals surface area contributed by atoms with Gasteiger partial charge in [-0.05, 0) is 43.4 Å². The number of aryl methyl sites for hydroxylation is 2. The van der Waals surface area contributed by atoms with Crippen molar-refractivity contribution in [1.82, 2.24) is 19.5 Å². The van der Waals surface area contributed by atoms with Crippen LogP contribution in [0.3, 0.4) is 0 Å². The zero-order valence-corrected chi connectivity index (χ0v) is 23.5. The fourth-order valence-corrected chi connectivity index (χ4v) is 5.53. The average Bonchev–Trinajstić information content (AvgIpc) is 3.33. The van der Waals surface area contributed by atoms with Gasteiger partial charge in [0.1, 0.15) is 5.82 Å². The maximum atomic E-state index is 9.39. The van der Waals surface area contributed by atoms with Gasteiger partial charge in [-0.15, -0.1) is 5.92 Å². The number of aliphatic hydroxyl groups is 1. The molecule has 0 unspecified atom stereocenters. The minimum absolute atomic E-state index is 0.196. The monoisotopic (exact) mass is 536 g/mol. The first kappa shape index (κ1) is 27.9. The summed E-state index contributed by atoms with van der Waals surface area (Å²) in [5.41, 5.74) is 13.0. The minimum atomic E-state index is 0.196. The van der Waals surface area contributed by atoms with E-state index in [-0.39, 0.29) is 6.61 Å². The van der Waals surface area contributed by atoms with Crippen molar-refractivity contribution >= 4 is 11.5 Å². The number of hydrogen-bond donors (Lipinski definition) is 2. The number of nitrogens with zero attached hydrogens (tertiary/aromatic N) is 5. The molecule has 4 aromatic rings. The third-order valence-corrected chi connectivity index (χ3v) is 7.64. The highest BCUT2D eigenvalue weighted by molar-refractivity contribution is 5.83. The highest BCUT2D eigenvalue weighted by Gasteiger charge is 2.23. The largest absolute Gasteiger partial charge is 0.395 e. The molecule has 40 heavy (non-hydrogen) atoms. The fourth-order valence-electron chi connectivity index (χ4n) is 5.53. The first-order valence-corrected chi connectivity index (χ1v) is 14.5. The molecule has 2 aromatic heterocycles. The van der Waals surface area contributed by atoms with Crippen LogP contribution in [-0.4, -0.2) is 70.5 Å². The van der Waals surface area contributed by atoms with Crippen molar-refractivity contribution in [2.45, 2.75) is 39.0 Å². The lowest BCUT2D eigenvalue weighted by atomic mass is 10.0. The van der Waals surface area contributed by atoms with Crippen LogP contribution < -0.4 is 10.6 Å². The van der Waals surface area contributed by atoms with E-state index in [1.54, 1.807) is 0 Å². The minimum Gasteiger partial charge on any atom is -0.395 e. The van der Waals surface area contributed by atoms with E-state index in [1.165, 1.54) is 5.56 Å². The number of hydrogen-bond acceptors (Lipinski definition) is 6. The lowest BCUT2D eigenvalue weighted by Gasteiger charge is -2.35. The van der Waals surface area contributed by atoms with Crippen LogP contribution in [0.4, 0.5) is 5.82 Å². The first-order valence-electron chi connectivity index (χ1n) is 14.5. The van der Waals surface area contributed by atoms with Crippen LogP contribution >= 0.6 is 0 Å². The van der Waals surface area contributed by atoms with Gasteiger partial charge in [0.25, 0.3) is 0 Å². The number of rotatable bonds is 10. The second-order valence-electron chi connectivity index (χ2n) is 10.4. The summed E-state index contributed by atoms with van der Waals surface area (Å²) in [6.45, 7) is 7.03. The number of β-amino-alcohol motifs (C(OH)–C–C–N with tert-alkyl or cyclic N) is 1. The van der Waals surface area contributed by atoms with Gasteiger partial charge in [-0.25, -0.2) is 4.98 Å². The number of anilines is 1. The molecule has 0 bridgehead atoms. The Kier molecular flexibility index (Phi) is 9.46. The third kappa shape index (κ3) is 6.53. The second-order valence-corrected chi connectivity index (χ2v) is 10.4. The van der Waals surface area contributed by atoms with Crippen molar-refractivity contribution in [3.8, 4) is 34.2 Å². The van der Waals surface area contributed by atoms with Gasteiger partial charge in [0.15, 0.2) is 5.65 Å². The smallest absolute Gasteiger partial charge is 0.166 e. The third-order valence-electron chi connectivity index (χ3n) is 7.64. The maximum Gasteiger partial charge on any atom is 0.166 e. The molecular weight excluding hydrogens is 496 g/mol. The van der Waals surface area contributed by atoms with Crippen LogP contribution in [0.25, 0.3) is 28.0 Å². The zero-order chi connectivity index (χ0) is 27.7. The Morgan fingerprint density at radius 2 is 1.70 bits per heavy atom. The van der Waals surface area contributed by atoms with E-state index in [0.717, 1.165) is 104 Å². The molecule has 0 spiro atoms. The van der Waals surface area contributed by atoms with E-state index in [0.29, 0.717) is 6.54 Å². The van der Waals surface area contributed by atoms with E-state index in [2.05, 4.69) is 83.2 Å². The van der Waals surface area contributed by atoms with Crippen molar-refractivity contribution in [3.63, 3.8) is 0 Å². The second kappa shape index (κ2) is 13.6. The molecule has 0 saturated carbocycles. The quantitative estimate of drug-likeness (QED) is 0.229. The Labute approximate surface area is 237 Å². The summed E-state index contributed by atoms with van der Waals surface area (Å²) in [6, 6.07) is 21.5. The van der Waals surface area contributed by atoms with Crippen molar-refractivity contribution in [3.05, 3.63) is 71.9 Å². The molecule has 1 aliphatic heterocycles. The lowest BCUT2D eigenvalue weighted by molar-refractivity contribution is 0.188. The molecule has 5 rings (SSSR count). The van der Waals surface area contributed by atoms with E-state index in [4.69, 9.17) is 15.8 Å². The van der Waals surface area contributed by atoms with Crippen LogP contribution in [0.1, 0.15) is 36.9 Å². The molecule has 0 amide bonds. The van der Waals surface area contributed by atoms with Crippen molar-refractivity contribution < 1.29 is 5.11 Å². The highest BCUT2D eigenvalue weighted by Crippen LogP contribution is 2.33. The molecule has 1 saturated heterocycles. The van der Waals surface area contributed by atoms with Gasteiger partial charge in [0.2, 0.25) is 0 Å². The average molecular weight is 537 g/mol. The topological polar surface area (TPSA) is 82.9 Å². The summed E-state index contributed by atoms with van der Waals surface area (Å²) < 4.78 is 2.03. The van der Waals surface area contributed by atoms with E-state index in [9.17, 15) is 5.11 Å². The molecular formula is C33H40N6O. The van der Waals surface area contributed by atoms with Crippen LogP contribution in [-0.2, 0) is 6.42 Å². The van der Waals surface area contributed by atoms with Crippen LogP contribution in [0.5, 0.6) is 0 Å². The predicted molar refractivity (Wildman–Crippen MR) is 163 cm³/mol. The Hall–Kier alpha value is -3.70. The van der Waals surface area contributed by atoms with Gasteiger partial charge in [0.05, 0.1) is 24.5 Å². The van der Waals surface area contributed by atoms with Gasteiger partial charge in [-0.2, -0.15) is 9.61 Å². The maximum absolute atomic E-state index is 9.39. The molecule has 1 fully saturated rings. The van der Waals surface area contributed by atoms with Gasteiger partial charge in [-0.3, -0.25) is 4.90 Å². The summed E-state index contributed by atoms with van der Waals surface area (Å²) in [6.07, 6.45) is 5.38. The molecule has 2 aromatic carbocycles. The number of aliphatic hydroxyl groups excluding tert-OH is 1. The van der Waals surface area contributed by atoms with Gasteiger partial charge < -0.3 is 15.7 Å². The summed E-state index contributed by atoms with van der Waals surface area (Å²) in [5.74, 6) is 7.14. The molecule has 208 valence electrons. The molecule has 3 heterocycles. The number of benzene rings is 2. The fraction of sp³-hybridized carbons (Fsp3) is 0.394. The Morgan fingerprint density at radius 1 is 0.900 bits per heavy atom. The SMILES string of the molecule is Cc1nn2c(N3CCN(CCO)CC3)cc(-c3cccc(CCCCCC#CCN)c3)nc2c1-c1ccccc1. The molecule has 0 atom stereocenters. The summed E-state index contributed by atoms with van der Waals surface area (Å²) in [5, 5.41) is 14.4. The van der Waals surface area contributed by atoms with Crippen molar-refractivity contribution in [2.24, 2.45) is 5.73 Å². The Bertz CT molecular complexity index is 1460. The van der Waals surface area contributed by atoms with Crippen LogP contribution in [0.2, 0.25) is 0 Å². The van der Waals surface area contributed by atoms with Crippen LogP contribution in [0.15, 0.2) is 60.7 Å². The molecule has 0 radical (unpaired) electrons. The van der Waals surface area contributed by atoms with E-state index >= 15 is 0 Å². The number of nitrogens with two attached hydrogens (primary N) is 1. The van der Waals surface area contributed by atoms with Gasteiger partial charge >= 0.3 is 0 Å². The van der Waals surface area contributed by atoms with Crippen LogP contribution in [0, 0.1) is 18.8 Å². The van der Waals surface area contributed by atoms with E-state index in [1.807, 2.05) is 10.6 Å². The zero-order valence-electron chi connectivity index (χ0n) is 23.5. The number of unbranched alkanes of at least 4 members (excludes halogenated alkanes) is 3. The molecule has 0 aliphatic carbocycles. The van der Waals surface area contributed by atoms with Crippen molar-refractivity contribution in [2.75, 3.05) is 50.8 Å². The molecule has 7 nitrogen and oxygen atoms in total. The van der Waals surface area contributed by atoms with E-state index < -0.39 is 0 Å². The summed E-state index contributed by atoms with van der Waals surface area (Å²) >= 11 is 0. The highest BCUT2D eigenvalue weighted by atomic mass is 16.3. The summed E-state index contributed by atoms with van der Waals surface area (Å²) in [4.78, 5) is 9.95. The Morgan fingerprint density at radius 3 is 2.48 bits per heavy atom. The first-order chi connectivity index (χ1) is 19.7. The number of piperazine rings is 1. The standard InChI is InChI=1S/C33H40N6O/c1-26-32(28-14-8-6-9-15-28)33-35-30(25-31(39(33)36-26)38-20-18-37(19-21-38)22-23-40)29-16-11-13-27(24-29)12-7-4-2-3-5-10-17-34/h6,8-9,11,13-16,24-25,40H,2-4,7,12,17-23,34H2,1H3. The molecule has 3 N–H and O–H groups in total. The summed E-state index contributed by atoms with van der Waals surface area (Å²) in [7, 11) is 0.